The summed E-state index contributed by atoms with van der Waals surface area (Å²) in [6.07, 6.45) is 1.78. The van der Waals surface area contributed by atoms with Crippen molar-refractivity contribution in [1.82, 2.24) is 14.9 Å². The van der Waals surface area contributed by atoms with E-state index in [1.54, 1.807) is 18.3 Å². The molecule has 3 heterocycles. The molecule has 2 aromatic heterocycles. The fourth-order valence-electron chi connectivity index (χ4n) is 4.96. The monoisotopic (exact) mass is 456 g/mol. The lowest BCUT2D eigenvalue weighted by Gasteiger charge is -2.29. The third-order valence-corrected chi connectivity index (χ3v) is 6.84. The Morgan fingerprint density at radius 2 is 1.58 bits per heavy atom. The number of nitrogens with zero attached hydrogens (tertiary/aromatic N) is 3. The van der Waals surface area contributed by atoms with Gasteiger partial charge in [-0.2, -0.15) is 0 Å². The van der Waals surface area contributed by atoms with Crippen LogP contribution in [-0.4, -0.2) is 14.7 Å². The van der Waals surface area contributed by atoms with E-state index in [0.717, 1.165) is 33.9 Å². The van der Waals surface area contributed by atoms with E-state index in [1.807, 2.05) is 47.4 Å². The number of hydrogen-bond acceptors (Lipinski definition) is 2. The molecule has 0 spiro atoms. The fraction of sp³-hybridized carbons (Fsp3) is 0.185. The number of thiocarbonyl (C=S) groups is 1. The highest BCUT2D eigenvalue weighted by Crippen LogP contribution is 2.45. The second-order valence-corrected chi connectivity index (χ2v) is 8.72. The first-order valence-corrected chi connectivity index (χ1v) is 11.4. The molecule has 4 nitrogen and oxygen atoms in total. The molecule has 6 heteroatoms. The number of rotatable bonds is 4. The van der Waals surface area contributed by atoms with Crippen LogP contribution in [0.5, 0.6) is 0 Å². The van der Waals surface area contributed by atoms with Crippen molar-refractivity contribution < 1.29 is 4.39 Å². The first-order valence-electron chi connectivity index (χ1n) is 11.0. The lowest BCUT2D eigenvalue weighted by atomic mass is 9.93. The minimum absolute atomic E-state index is 0.221. The van der Waals surface area contributed by atoms with E-state index >= 15 is 4.39 Å². The van der Waals surface area contributed by atoms with Gasteiger partial charge in [0.25, 0.3) is 0 Å². The van der Waals surface area contributed by atoms with Gasteiger partial charge in [0.2, 0.25) is 0 Å². The molecule has 2 aromatic carbocycles. The van der Waals surface area contributed by atoms with Crippen LogP contribution >= 0.6 is 12.2 Å². The normalized spacial score (nSPS) is 17.9. The number of para-hydroxylation sites is 2. The second kappa shape index (κ2) is 8.45. The molecule has 1 saturated heterocycles. The summed E-state index contributed by atoms with van der Waals surface area (Å²) in [7, 11) is 0. The average molecular weight is 457 g/mol. The maximum absolute atomic E-state index is 15.0. The van der Waals surface area contributed by atoms with Crippen LogP contribution in [0, 0.1) is 26.6 Å². The lowest BCUT2D eigenvalue weighted by molar-refractivity contribution is 0.554. The van der Waals surface area contributed by atoms with Crippen LogP contribution in [0.2, 0.25) is 0 Å². The first-order chi connectivity index (χ1) is 16.0. The van der Waals surface area contributed by atoms with E-state index in [0.29, 0.717) is 10.8 Å². The van der Waals surface area contributed by atoms with Crippen LogP contribution in [0.25, 0.3) is 5.69 Å². The SMILES string of the molecule is Cc1c([C@@H]2[C@H](c3ccccn3)NC(=S)N2c2ccccc2F)c(C)n(-c2ccccc2)c1C. The lowest BCUT2D eigenvalue weighted by Crippen LogP contribution is -2.30. The van der Waals surface area contributed by atoms with Crippen LogP contribution < -0.4 is 10.2 Å². The number of nitrogens with one attached hydrogen (secondary N) is 1. The third-order valence-electron chi connectivity index (χ3n) is 6.53. The van der Waals surface area contributed by atoms with Gasteiger partial charge >= 0.3 is 0 Å². The maximum Gasteiger partial charge on any atom is 0.174 e. The van der Waals surface area contributed by atoms with E-state index in [2.05, 4.69) is 47.8 Å². The summed E-state index contributed by atoms with van der Waals surface area (Å²) < 4.78 is 17.3. The standard InChI is InChI=1S/C27H25FN4S/c1-17-18(2)31(20-11-5-4-6-12-20)19(3)24(17)26-25(22-14-9-10-16-29-22)30-27(33)32(26)23-15-8-7-13-21(23)28/h4-16,25-26H,1-3H3,(H,30,33)/t25-,26+/m0/s1. The summed E-state index contributed by atoms with van der Waals surface area (Å²) in [5, 5.41) is 3.93. The van der Waals surface area contributed by atoms with Crippen molar-refractivity contribution in [2.24, 2.45) is 0 Å². The number of halogens is 1. The Kier molecular flexibility index (Phi) is 5.46. The van der Waals surface area contributed by atoms with Gasteiger partial charge in [-0.05, 0) is 75.0 Å². The molecule has 0 amide bonds. The molecular formula is C27H25FN4S. The van der Waals surface area contributed by atoms with E-state index < -0.39 is 0 Å². The molecule has 166 valence electrons. The van der Waals surface area contributed by atoms with E-state index in [4.69, 9.17) is 12.2 Å². The fourth-order valence-corrected chi connectivity index (χ4v) is 5.30. The van der Waals surface area contributed by atoms with E-state index in [1.165, 1.54) is 6.07 Å². The molecule has 0 bridgehead atoms. The van der Waals surface area contributed by atoms with E-state index in [-0.39, 0.29) is 17.9 Å². The van der Waals surface area contributed by atoms with E-state index in [9.17, 15) is 0 Å². The summed E-state index contributed by atoms with van der Waals surface area (Å²) in [5.41, 5.74) is 6.98. The molecule has 0 radical (unpaired) electrons. The minimum Gasteiger partial charge on any atom is -0.351 e. The Morgan fingerprint density at radius 3 is 2.27 bits per heavy atom. The average Bonchev–Trinajstić information content (AvgIpc) is 3.27. The zero-order chi connectivity index (χ0) is 23.1. The topological polar surface area (TPSA) is 33.1 Å². The van der Waals surface area contributed by atoms with Crippen molar-refractivity contribution in [2.75, 3.05) is 4.90 Å². The molecule has 1 fully saturated rings. The van der Waals surface area contributed by atoms with Gasteiger partial charge in [-0.3, -0.25) is 4.98 Å². The molecule has 1 N–H and O–H groups in total. The molecule has 0 saturated carbocycles. The minimum atomic E-state index is -0.303. The summed E-state index contributed by atoms with van der Waals surface area (Å²) >= 11 is 5.77. The number of anilines is 1. The third kappa shape index (κ3) is 3.51. The number of benzene rings is 2. The van der Waals surface area contributed by atoms with Gasteiger partial charge in [0, 0.05) is 28.8 Å². The zero-order valence-corrected chi connectivity index (χ0v) is 19.6. The van der Waals surface area contributed by atoms with Crippen molar-refractivity contribution in [3.8, 4) is 5.69 Å². The molecule has 5 rings (SSSR count). The van der Waals surface area contributed by atoms with Crippen molar-refractivity contribution in [3.63, 3.8) is 0 Å². The Hall–Kier alpha value is -3.51. The number of pyridine rings is 1. The van der Waals surface area contributed by atoms with Gasteiger partial charge in [-0.15, -0.1) is 0 Å². The van der Waals surface area contributed by atoms with Crippen molar-refractivity contribution in [2.45, 2.75) is 32.9 Å². The summed E-state index contributed by atoms with van der Waals surface area (Å²) in [6, 6.07) is 22.5. The maximum atomic E-state index is 15.0. The molecular weight excluding hydrogens is 431 g/mol. The van der Waals surface area contributed by atoms with Gasteiger partial charge in [-0.1, -0.05) is 36.4 Å². The number of aromatic nitrogens is 2. The number of hydrogen-bond donors (Lipinski definition) is 1. The Bertz CT molecular complexity index is 1320. The van der Waals surface area contributed by atoms with Crippen LogP contribution in [0.3, 0.4) is 0 Å². The zero-order valence-electron chi connectivity index (χ0n) is 18.8. The van der Waals surface area contributed by atoms with Crippen molar-refractivity contribution in [1.29, 1.82) is 0 Å². The predicted octanol–water partition coefficient (Wildman–Crippen LogP) is 6.11. The Morgan fingerprint density at radius 1 is 0.879 bits per heavy atom. The van der Waals surface area contributed by atoms with Crippen molar-refractivity contribution in [3.05, 3.63) is 113 Å². The highest BCUT2D eigenvalue weighted by Gasteiger charge is 2.44. The van der Waals surface area contributed by atoms with Crippen LogP contribution in [0.15, 0.2) is 79.0 Å². The Balaban J connectivity index is 1.75. The van der Waals surface area contributed by atoms with Gasteiger partial charge in [0.05, 0.1) is 23.5 Å². The largest absolute Gasteiger partial charge is 0.351 e. The van der Waals surface area contributed by atoms with Gasteiger partial charge in [0.15, 0.2) is 5.11 Å². The molecule has 33 heavy (non-hydrogen) atoms. The summed E-state index contributed by atoms with van der Waals surface area (Å²) in [5.74, 6) is -0.303. The quantitative estimate of drug-likeness (QED) is 0.376. The summed E-state index contributed by atoms with van der Waals surface area (Å²) in [4.78, 5) is 6.53. The van der Waals surface area contributed by atoms with Crippen molar-refractivity contribution >= 4 is 23.0 Å². The molecule has 1 aliphatic heterocycles. The first kappa shape index (κ1) is 21.3. The smallest absolute Gasteiger partial charge is 0.174 e. The second-order valence-electron chi connectivity index (χ2n) is 8.33. The highest BCUT2D eigenvalue weighted by molar-refractivity contribution is 7.80. The Labute approximate surface area is 198 Å². The van der Waals surface area contributed by atoms with Crippen LogP contribution in [0.4, 0.5) is 10.1 Å². The predicted molar refractivity (Wildman–Crippen MR) is 134 cm³/mol. The van der Waals surface area contributed by atoms with Gasteiger partial charge in [-0.25, -0.2) is 4.39 Å². The van der Waals surface area contributed by atoms with Gasteiger partial charge < -0.3 is 14.8 Å². The molecule has 2 atom stereocenters. The van der Waals surface area contributed by atoms with Crippen LogP contribution in [0.1, 0.15) is 40.3 Å². The molecule has 1 aliphatic rings. The molecule has 0 aliphatic carbocycles. The molecule has 4 aromatic rings. The van der Waals surface area contributed by atoms with Gasteiger partial charge in [0.1, 0.15) is 5.82 Å². The summed E-state index contributed by atoms with van der Waals surface area (Å²) in [6.45, 7) is 6.38. The molecule has 0 unspecified atom stereocenters. The highest BCUT2D eigenvalue weighted by atomic mass is 32.1. The van der Waals surface area contributed by atoms with Crippen LogP contribution in [-0.2, 0) is 0 Å².